The molecule has 1 aliphatic heterocycles. The SMILES string of the molecule is COCC1COc2cc3ncn(-c4cccc(-c5nncn5C(C)C)n4)c(=O)c3cc2O1. The summed E-state index contributed by atoms with van der Waals surface area (Å²) in [6.45, 7) is 4.85. The minimum Gasteiger partial charge on any atom is -0.486 e. The van der Waals surface area contributed by atoms with Crippen molar-refractivity contribution in [3.63, 3.8) is 0 Å². The molecule has 0 bridgehead atoms. The van der Waals surface area contributed by atoms with E-state index in [0.29, 0.717) is 53.0 Å². The first-order valence-corrected chi connectivity index (χ1v) is 10.3. The van der Waals surface area contributed by atoms with E-state index in [2.05, 4.69) is 20.2 Å². The lowest BCUT2D eigenvalue weighted by molar-refractivity contribution is 0.0274. The summed E-state index contributed by atoms with van der Waals surface area (Å²) in [6, 6.07) is 8.97. The average Bonchev–Trinajstić information content (AvgIpc) is 3.29. The van der Waals surface area contributed by atoms with Gasteiger partial charge in [0.05, 0.1) is 17.5 Å². The number of rotatable bonds is 5. The molecule has 32 heavy (non-hydrogen) atoms. The lowest BCUT2D eigenvalue weighted by Gasteiger charge is -2.26. The summed E-state index contributed by atoms with van der Waals surface area (Å²) >= 11 is 0. The van der Waals surface area contributed by atoms with Crippen molar-refractivity contribution in [2.45, 2.75) is 26.0 Å². The maximum atomic E-state index is 13.3. The molecule has 1 atom stereocenters. The third-order valence-electron chi connectivity index (χ3n) is 5.23. The van der Waals surface area contributed by atoms with Crippen molar-refractivity contribution in [2.24, 2.45) is 0 Å². The highest BCUT2D eigenvalue weighted by Crippen LogP contribution is 2.34. The third kappa shape index (κ3) is 3.48. The first-order chi connectivity index (χ1) is 15.5. The maximum absolute atomic E-state index is 13.3. The largest absolute Gasteiger partial charge is 0.486 e. The van der Waals surface area contributed by atoms with Crippen molar-refractivity contribution < 1.29 is 14.2 Å². The zero-order chi connectivity index (χ0) is 22.2. The summed E-state index contributed by atoms with van der Waals surface area (Å²) in [5.74, 6) is 2.12. The summed E-state index contributed by atoms with van der Waals surface area (Å²) in [4.78, 5) is 22.4. The fraction of sp³-hybridized carbons (Fsp3) is 0.318. The number of ether oxygens (including phenoxy) is 3. The van der Waals surface area contributed by atoms with Crippen LogP contribution in [-0.2, 0) is 4.74 Å². The molecule has 10 heteroatoms. The molecule has 4 heterocycles. The second kappa shape index (κ2) is 8.04. The molecule has 4 aromatic rings. The molecule has 0 radical (unpaired) electrons. The molecule has 3 aromatic heterocycles. The maximum Gasteiger partial charge on any atom is 0.267 e. The van der Waals surface area contributed by atoms with Crippen molar-refractivity contribution in [2.75, 3.05) is 20.3 Å². The van der Waals surface area contributed by atoms with Crippen molar-refractivity contribution in [3.8, 4) is 28.8 Å². The van der Waals surface area contributed by atoms with Crippen molar-refractivity contribution in [1.82, 2.24) is 29.3 Å². The first-order valence-electron chi connectivity index (χ1n) is 10.3. The smallest absolute Gasteiger partial charge is 0.267 e. The van der Waals surface area contributed by atoms with Crippen LogP contribution in [0, 0.1) is 0 Å². The van der Waals surface area contributed by atoms with Gasteiger partial charge in [0.2, 0.25) is 0 Å². The lowest BCUT2D eigenvalue weighted by Crippen LogP contribution is -2.33. The summed E-state index contributed by atoms with van der Waals surface area (Å²) in [5, 5.41) is 8.60. The minimum atomic E-state index is -0.259. The van der Waals surface area contributed by atoms with Gasteiger partial charge in [0.25, 0.3) is 5.56 Å². The van der Waals surface area contributed by atoms with Gasteiger partial charge in [-0.15, -0.1) is 10.2 Å². The second-order valence-electron chi connectivity index (χ2n) is 7.78. The molecule has 1 unspecified atom stereocenters. The number of benzene rings is 1. The van der Waals surface area contributed by atoms with Gasteiger partial charge in [0, 0.05) is 19.2 Å². The van der Waals surface area contributed by atoms with Crippen LogP contribution in [0.25, 0.3) is 28.2 Å². The van der Waals surface area contributed by atoms with Gasteiger partial charge in [0.1, 0.15) is 30.8 Å². The molecule has 0 spiro atoms. The normalized spacial score (nSPS) is 15.4. The number of nitrogens with zero attached hydrogens (tertiary/aromatic N) is 6. The Bertz CT molecular complexity index is 1350. The summed E-state index contributed by atoms with van der Waals surface area (Å²) < 4.78 is 20.2. The lowest BCUT2D eigenvalue weighted by atomic mass is 10.2. The predicted octanol–water partition coefficient (Wildman–Crippen LogP) is 2.41. The van der Waals surface area contributed by atoms with E-state index in [-0.39, 0.29) is 17.7 Å². The fourth-order valence-electron chi connectivity index (χ4n) is 3.65. The van der Waals surface area contributed by atoms with Crippen LogP contribution in [0.15, 0.2) is 47.8 Å². The van der Waals surface area contributed by atoms with E-state index in [1.54, 1.807) is 31.6 Å². The van der Waals surface area contributed by atoms with Crippen LogP contribution in [0.2, 0.25) is 0 Å². The molecular formula is C22H22N6O4. The van der Waals surface area contributed by atoms with E-state index in [9.17, 15) is 4.79 Å². The number of aromatic nitrogens is 6. The predicted molar refractivity (Wildman–Crippen MR) is 116 cm³/mol. The van der Waals surface area contributed by atoms with Gasteiger partial charge in [-0.1, -0.05) is 6.07 Å². The summed E-state index contributed by atoms with van der Waals surface area (Å²) in [7, 11) is 1.60. The van der Waals surface area contributed by atoms with Crippen molar-refractivity contribution in [1.29, 1.82) is 0 Å². The number of hydrogen-bond acceptors (Lipinski definition) is 8. The molecule has 0 amide bonds. The highest BCUT2D eigenvalue weighted by atomic mass is 16.6. The molecule has 164 valence electrons. The minimum absolute atomic E-state index is 0.172. The fourth-order valence-corrected chi connectivity index (χ4v) is 3.65. The molecule has 0 saturated heterocycles. The van der Waals surface area contributed by atoms with Gasteiger partial charge >= 0.3 is 0 Å². The van der Waals surface area contributed by atoms with Crippen LogP contribution in [0.1, 0.15) is 19.9 Å². The molecule has 5 rings (SSSR count). The van der Waals surface area contributed by atoms with E-state index >= 15 is 0 Å². The molecule has 1 aromatic carbocycles. The Hall–Kier alpha value is -3.79. The van der Waals surface area contributed by atoms with Gasteiger partial charge in [-0.05, 0) is 32.0 Å². The molecule has 0 fully saturated rings. The van der Waals surface area contributed by atoms with Crippen molar-refractivity contribution >= 4 is 10.9 Å². The Morgan fingerprint density at radius 1 is 1.22 bits per heavy atom. The third-order valence-corrected chi connectivity index (χ3v) is 5.23. The number of fused-ring (bicyclic) bond motifs is 2. The highest BCUT2D eigenvalue weighted by molar-refractivity contribution is 5.82. The van der Waals surface area contributed by atoms with Gasteiger partial charge in [-0.3, -0.25) is 9.36 Å². The first kappa shape index (κ1) is 20.1. The van der Waals surface area contributed by atoms with E-state index in [0.717, 1.165) is 0 Å². The standard InChI is InChI=1S/C22H22N6O4/c1-13(2)27-12-24-26-21(27)16-5-4-6-20(25-16)28-11-23-17-8-18-19(7-15(17)22(28)29)32-14(9-30-3)10-31-18/h4-8,11-14H,9-10H2,1-3H3. The zero-order valence-electron chi connectivity index (χ0n) is 17.9. The van der Waals surface area contributed by atoms with Crippen LogP contribution in [0.5, 0.6) is 11.5 Å². The summed E-state index contributed by atoms with van der Waals surface area (Å²) in [6.07, 6.45) is 2.90. The molecule has 10 nitrogen and oxygen atoms in total. The summed E-state index contributed by atoms with van der Waals surface area (Å²) in [5.41, 5.74) is 0.880. The van der Waals surface area contributed by atoms with Crippen LogP contribution in [0.3, 0.4) is 0 Å². The number of hydrogen-bond donors (Lipinski definition) is 0. The highest BCUT2D eigenvalue weighted by Gasteiger charge is 2.23. The van der Waals surface area contributed by atoms with E-state index in [1.807, 2.05) is 30.5 Å². The molecule has 0 aliphatic carbocycles. The average molecular weight is 434 g/mol. The Kier molecular flexibility index (Phi) is 5.06. The quantitative estimate of drug-likeness (QED) is 0.471. The van der Waals surface area contributed by atoms with Crippen molar-refractivity contribution in [3.05, 3.63) is 53.3 Å². The Balaban J connectivity index is 1.57. The molecule has 0 saturated carbocycles. The molecule has 0 N–H and O–H groups in total. The van der Waals surface area contributed by atoms with Gasteiger partial charge in [-0.25, -0.2) is 9.97 Å². The van der Waals surface area contributed by atoms with Crippen LogP contribution in [0.4, 0.5) is 0 Å². The van der Waals surface area contributed by atoms with Crippen LogP contribution in [-0.4, -0.2) is 55.7 Å². The van der Waals surface area contributed by atoms with Crippen LogP contribution >= 0.6 is 0 Å². The topological polar surface area (TPSA) is 106 Å². The zero-order valence-corrected chi connectivity index (χ0v) is 17.9. The van der Waals surface area contributed by atoms with E-state index in [1.165, 1.54) is 10.9 Å². The second-order valence-corrected chi connectivity index (χ2v) is 7.78. The number of methoxy groups -OCH3 is 1. The van der Waals surface area contributed by atoms with Crippen LogP contribution < -0.4 is 15.0 Å². The van der Waals surface area contributed by atoms with E-state index < -0.39 is 0 Å². The van der Waals surface area contributed by atoms with E-state index in [4.69, 9.17) is 14.2 Å². The van der Waals surface area contributed by atoms with Gasteiger partial charge in [0.15, 0.2) is 23.4 Å². The molecular weight excluding hydrogens is 412 g/mol. The Morgan fingerprint density at radius 3 is 2.91 bits per heavy atom. The van der Waals surface area contributed by atoms with Gasteiger partial charge in [-0.2, -0.15) is 0 Å². The van der Waals surface area contributed by atoms with Gasteiger partial charge < -0.3 is 18.8 Å². The Labute approximate surface area is 183 Å². The monoisotopic (exact) mass is 434 g/mol. The Morgan fingerprint density at radius 2 is 2.09 bits per heavy atom. The molecule has 1 aliphatic rings. The number of pyridine rings is 1.